The zero-order chi connectivity index (χ0) is 13.6. The first-order chi connectivity index (χ1) is 7.68. The zero-order valence-corrected chi connectivity index (χ0v) is 10.4. The van der Waals surface area contributed by atoms with Crippen LogP contribution in [-0.4, -0.2) is 42.8 Å². The van der Waals surface area contributed by atoms with Crippen molar-refractivity contribution in [1.82, 2.24) is 10.6 Å². The predicted molar refractivity (Wildman–Crippen MR) is 59.4 cm³/mol. The summed E-state index contributed by atoms with van der Waals surface area (Å²) >= 11 is 0. The first-order valence-electron chi connectivity index (χ1n) is 5.02. The molecule has 0 rings (SSSR count). The molecule has 0 spiro atoms. The Morgan fingerprint density at radius 3 is 2.18 bits per heavy atom. The molecule has 0 aromatic carbocycles. The van der Waals surface area contributed by atoms with Gasteiger partial charge in [-0.3, -0.25) is 4.79 Å². The summed E-state index contributed by atoms with van der Waals surface area (Å²) in [6.45, 7) is 4.75. The Labute approximate surface area is 99.5 Å². The summed E-state index contributed by atoms with van der Waals surface area (Å²) in [7, 11) is 1.19. The number of rotatable bonds is 4. The number of hydrogen-bond donors (Lipinski definition) is 3. The maximum Gasteiger partial charge on any atom is 0.326 e. The molecule has 0 saturated carbocycles. The van der Waals surface area contributed by atoms with Crippen LogP contribution in [0.15, 0.2) is 0 Å². The van der Waals surface area contributed by atoms with Crippen LogP contribution in [0.4, 0.5) is 4.79 Å². The van der Waals surface area contributed by atoms with E-state index < -0.39 is 29.4 Å². The number of esters is 1. The summed E-state index contributed by atoms with van der Waals surface area (Å²) in [5.74, 6) is -1.74. The van der Waals surface area contributed by atoms with E-state index in [2.05, 4.69) is 15.4 Å². The number of carboxylic acids is 1. The van der Waals surface area contributed by atoms with Gasteiger partial charge in [0.2, 0.25) is 0 Å². The van der Waals surface area contributed by atoms with Crippen molar-refractivity contribution in [2.24, 2.45) is 5.41 Å². The van der Waals surface area contributed by atoms with Crippen LogP contribution in [0, 0.1) is 5.41 Å². The number of amides is 2. The molecule has 2 amide bonds. The minimum absolute atomic E-state index is 0.307. The second kappa shape index (κ2) is 6.07. The maximum atomic E-state index is 11.3. The van der Waals surface area contributed by atoms with Crippen LogP contribution in [0.1, 0.15) is 20.8 Å². The molecule has 1 atom stereocenters. The Morgan fingerprint density at radius 1 is 1.29 bits per heavy atom. The molecule has 0 aliphatic heterocycles. The van der Waals surface area contributed by atoms with E-state index in [1.165, 1.54) is 7.11 Å². The van der Waals surface area contributed by atoms with Gasteiger partial charge in [-0.25, -0.2) is 9.59 Å². The molecule has 0 fully saturated rings. The van der Waals surface area contributed by atoms with Gasteiger partial charge in [0.15, 0.2) is 0 Å². The van der Waals surface area contributed by atoms with Crippen molar-refractivity contribution in [3.05, 3.63) is 0 Å². The van der Waals surface area contributed by atoms with Gasteiger partial charge < -0.3 is 20.5 Å². The molecule has 0 aromatic rings. The second-order valence-corrected chi connectivity index (χ2v) is 4.54. The van der Waals surface area contributed by atoms with Gasteiger partial charge in [-0.05, 0) is 5.41 Å². The van der Waals surface area contributed by atoms with Crippen molar-refractivity contribution in [3.63, 3.8) is 0 Å². The van der Waals surface area contributed by atoms with Crippen molar-refractivity contribution in [1.29, 1.82) is 0 Å². The highest BCUT2D eigenvalue weighted by Gasteiger charge is 2.32. The van der Waals surface area contributed by atoms with Crippen LogP contribution < -0.4 is 10.6 Å². The third-order valence-electron chi connectivity index (χ3n) is 2.01. The number of ether oxygens (including phenoxy) is 1. The molecule has 0 radical (unpaired) electrons. The molecule has 0 saturated heterocycles. The second-order valence-electron chi connectivity index (χ2n) is 4.54. The average molecular weight is 246 g/mol. The van der Waals surface area contributed by atoms with Gasteiger partial charge in [0.25, 0.3) is 0 Å². The fraction of sp³-hybridized carbons (Fsp3) is 0.700. The minimum Gasteiger partial charge on any atom is -0.480 e. The fourth-order valence-corrected chi connectivity index (χ4v) is 1.06. The lowest BCUT2D eigenvalue weighted by atomic mass is 9.87. The topological polar surface area (TPSA) is 105 Å². The summed E-state index contributed by atoms with van der Waals surface area (Å²) in [6.07, 6.45) is 0. The van der Waals surface area contributed by atoms with E-state index in [4.69, 9.17) is 5.11 Å². The largest absolute Gasteiger partial charge is 0.480 e. The SMILES string of the molecule is COC(=O)CNC(=O)N[C@@H](C(=O)O)C(C)(C)C. The Hall–Kier alpha value is -1.79. The van der Waals surface area contributed by atoms with E-state index in [9.17, 15) is 14.4 Å². The lowest BCUT2D eigenvalue weighted by Gasteiger charge is -2.27. The monoisotopic (exact) mass is 246 g/mol. The maximum absolute atomic E-state index is 11.3. The third kappa shape index (κ3) is 5.74. The molecule has 0 aliphatic rings. The lowest BCUT2D eigenvalue weighted by molar-refractivity contribution is -0.142. The highest BCUT2D eigenvalue weighted by atomic mass is 16.5. The molecular formula is C10H18N2O5. The highest BCUT2D eigenvalue weighted by molar-refractivity contribution is 5.85. The fourth-order valence-electron chi connectivity index (χ4n) is 1.06. The van der Waals surface area contributed by atoms with Gasteiger partial charge >= 0.3 is 18.0 Å². The quantitative estimate of drug-likeness (QED) is 0.603. The van der Waals surface area contributed by atoms with Crippen molar-refractivity contribution < 1.29 is 24.2 Å². The molecule has 0 bridgehead atoms. The van der Waals surface area contributed by atoms with Crippen molar-refractivity contribution >= 4 is 18.0 Å². The molecule has 98 valence electrons. The number of carbonyl (C=O) groups is 3. The molecule has 7 nitrogen and oxygen atoms in total. The number of carbonyl (C=O) groups excluding carboxylic acids is 2. The third-order valence-corrected chi connectivity index (χ3v) is 2.01. The summed E-state index contributed by atoms with van der Waals surface area (Å²) in [5, 5.41) is 13.4. The standard InChI is InChI=1S/C10H18N2O5/c1-10(2,3)7(8(14)15)12-9(16)11-5-6(13)17-4/h7H,5H2,1-4H3,(H,14,15)(H2,11,12,16)/t7-/m0/s1. The smallest absolute Gasteiger partial charge is 0.326 e. The summed E-state index contributed by atoms with van der Waals surface area (Å²) in [6, 6.07) is -1.77. The van der Waals surface area contributed by atoms with Crippen LogP contribution in [0.25, 0.3) is 0 Å². The van der Waals surface area contributed by atoms with Gasteiger partial charge in [-0.15, -0.1) is 0 Å². The molecular weight excluding hydrogens is 228 g/mol. The van der Waals surface area contributed by atoms with Crippen LogP contribution in [0.3, 0.4) is 0 Å². The van der Waals surface area contributed by atoms with Gasteiger partial charge in [0.05, 0.1) is 7.11 Å². The van der Waals surface area contributed by atoms with Crippen LogP contribution in [0.2, 0.25) is 0 Å². The van der Waals surface area contributed by atoms with Crippen molar-refractivity contribution in [3.8, 4) is 0 Å². The number of methoxy groups -OCH3 is 1. The Morgan fingerprint density at radius 2 is 1.82 bits per heavy atom. The number of carboxylic acid groups (broad SMARTS) is 1. The lowest BCUT2D eigenvalue weighted by Crippen LogP contribution is -2.52. The van der Waals surface area contributed by atoms with Gasteiger partial charge in [-0.2, -0.15) is 0 Å². The first kappa shape index (κ1) is 15.2. The normalized spacial score (nSPS) is 12.5. The van der Waals surface area contributed by atoms with Gasteiger partial charge in [-0.1, -0.05) is 20.8 Å². The molecule has 3 N–H and O–H groups in total. The van der Waals surface area contributed by atoms with E-state index in [-0.39, 0.29) is 6.54 Å². The minimum atomic E-state index is -1.13. The van der Waals surface area contributed by atoms with Crippen LogP contribution in [0.5, 0.6) is 0 Å². The number of urea groups is 1. The zero-order valence-electron chi connectivity index (χ0n) is 10.4. The Kier molecular flexibility index (Phi) is 5.43. The molecule has 17 heavy (non-hydrogen) atoms. The van der Waals surface area contributed by atoms with Crippen LogP contribution in [-0.2, 0) is 14.3 Å². The van der Waals surface area contributed by atoms with Crippen molar-refractivity contribution in [2.75, 3.05) is 13.7 Å². The first-order valence-corrected chi connectivity index (χ1v) is 5.02. The Balaban J connectivity index is 4.34. The summed E-state index contributed by atoms with van der Waals surface area (Å²) in [4.78, 5) is 33.0. The van der Waals surface area contributed by atoms with Crippen molar-refractivity contribution in [2.45, 2.75) is 26.8 Å². The van der Waals surface area contributed by atoms with E-state index >= 15 is 0 Å². The molecule has 7 heteroatoms. The summed E-state index contributed by atoms with van der Waals surface area (Å²) in [5.41, 5.74) is -0.631. The Bertz CT molecular complexity index is 308. The highest BCUT2D eigenvalue weighted by Crippen LogP contribution is 2.19. The summed E-state index contributed by atoms with van der Waals surface area (Å²) < 4.78 is 4.32. The predicted octanol–water partition coefficient (Wildman–Crippen LogP) is -0.0421. The van der Waals surface area contributed by atoms with E-state index in [1.54, 1.807) is 20.8 Å². The number of aliphatic carboxylic acids is 1. The van der Waals surface area contributed by atoms with Crippen LogP contribution >= 0.6 is 0 Å². The van der Waals surface area contributed by atoms with E-state index in [1.807, 2.05) is 0 Å². The van der Waals surface area contributed by atoms with E-state index in [0.717, 1.165) is 0 Å². The number of nitrogens with one attached hydrogen (secondary N) is 2. The van der Waals surface area contributed by atoms with E-state index in [0.29, 0.717) is 0 Å². The number of hydrogen-bond acceptors (Lipinski definition) is 4. The molecule has 0 aromatic heterocycles. The average Bonchev–Trinajstić information content (AvgIpc) is 2.20. The molecule has 0 heterocycles. The van der Waals surface area contributed by atoms with Gasteiger partial charge in [0.1, 0.15) is 12.6 Å². The molecule has 0 aliphatic carbocycles. The van der Waals surface area contributed by atoms with Gasteiger partial charge in [0, 0.05) is 0 Å². The molecule has 0 unspecified atom stereocenters.